The molecule has 4 heteroatoms. The molecule has 3 N–H and O–H groups in total. The molecule has 1 aromatic rings. The lowest BCUT2D eigenvalue weighted by Gasteiger charge is -2.22. The second-order valence-corrected chi connectivity index (χ2v) is 5.19. The van der Waals surface area contributed by atoms with Crippen LogP contribution in [-0.4, -0.2) is 18.1 Å². The monoisotopic (exact) mass is 262 g/mol. The van der Waals surface area contributed by atoms with Crippen molar-refractivity contribution in [3.05, 3.63) is 24.3 Å². The van der Waals surface area contributed by atoms with Crippen molar-refractivity contribution in [1.82, 2.24) is 0 Å². The smallest absolute Gasteiger partial charge is 0.244 e. The summed E-state index contributed by atoms with van der Waals surface area (Å²) in [6.45, 7) is 2.74. The first-order valence-corrected chi connectivity index (χ1v) is 6.97. The number of nitrogens with one attached hydrogen (secondary N) is 1. The van der Waals surface area contributed by atoms with Crippen LogP contribution < -0.4 is 15.8 Å². The van der Waals surface area contributed by atoms with Gasteiger partial charge >= 0.3 is 0 Å². The van der Waals surface area contributed by atoms with Crippen LogP contribution in [0.1, 0.15) is 39.0 Å². The Bertz CT molecular complexity index is 440. The van der Waals surface area contributed by atoms with Gasteiger partial charge in [0, 0.05) is 11.8 Å². The summed E-state index contributed by atoms with van der Waals surface area (Å²) in [6.07, 6.45) is 4.56. The van der Waals surface area contributed by atoms with E-state index in [4.69, 9.17) is 10.5 Å². The standard InChI is InChI=1S/C15H22N2O2/c1-2-10-19-13-7-5-6-12(11-13)17-14(18)15(16)8-3-4-9-15/h5-7,11H,2-4,8-10,16H2,1H3,(H,17,18). The second-order valence-electron chi connectivity index (χ2n) is 5.19. The Morgan fingerprint density at radius 3 is 2.84 bits per heavy atom. The van der Waals surface area contributed by atoms with E-state index >= 15 is 0 Å². The van der Waals surface area contributed by atoms with E-state index in [0.717, 1.165) is 43.5 Å². The van der Waals surface area contributed by atoms with Crippen LogP contribution >= 0.6 is 0 Å². The SMILES string of the molecule is CCCOc1cccc(NC(=O)C2(N)CCCC2)c1. The van der Waals surface area contributed by atoms with Crippen molar-refractivity contribution in [3.8, 4) is 5.75 Å². The minimum absolute atomic E-state index is 0.0855. The van der Waals surface area contributed by atoms with E-state index in [2.05, 4.69) is 12.2 Å². The molecule has 4 nitrogen and oxygen atoms in total. The van der Waals surface area contributed by atoms with Gasteiger partial charge in [-0.1, -0.05) is 25.8 Å². The molecule has 0 unspecified atom stereocenters. The van der Waals surface area contributed by atoms with Crippen LogP contribution in [0.25, 0.3) is 0 Å². The van der Waals surface area contributed by atoms with Crippen molar-refractivity contribution in [1.29, 1.82) is 0 Å². The van der Waals surface area contributed by atoms with E-state index in [-0.39, 0.29) is 5.91 Å². The molecule has 0 aromatic heterocycles. The fraction of sp³-hybridized carbons (Fsp3) is 0.533. The molecule has 0 radical (unpaired) electrons. The number of carbonyl (C=O) groups is 1. The molecule has 0 spiro atoms. The summed E-state index contributed by atoms with van der Waals surface area (Å²) >= 11 is 0. The van der Waals surface area contributed by atoms with E-state index in [1.54, 1.807) is 0 Å². The van der Waals surface area contributed by atoms with Gasteiger partial charge in [0.05, 0.1) is 12.1 Å². The van der Waals surface area contributed by atoms with Crippen molar-refractivity contribution in [3.63, 3.8) is 0 Å². The number of rotatable bonds is 5. The van der Waals surface area contributed by atoms with Gasteiger partial charge in [-0.15, -0.1) is 0 Å². The molecule has 1 aromatic carbocycles. The Morgan fingerprint density at radius 1 is 1.42 bits per heavy atom. The number of hydrogen-bond acceptors (Lipinski definition) is 3. The molecular formula is C15H22N2O2. The Labute approximate surface area is 114 Å². The van der Waals surface area contributed by atoms with Crippen molar-refractivity contribution in [2.45, 2.75) is 44.6 Å². The molecule has 1 saturated carbocycles. The van der Waals surface area contributed by atoms with E-state index in [9.17, 15) is 4.79 Å². The van der Waals surface area contributed by atoms with Crippen LogP contribution in [0.3, 0.4) is 0 Å². The first-order chi connectivity index (χ1) is 9.14. The maximum Gasteiger partial charge on any atom is 0.244 e. The third-order valence-electron chi connectivity index (χ3n) is 3.51. The number of benzene rings is 1. The second kappa shape index (κ2) is 6.06. The van der Waals surface area contributed by atoms with Gasteiger partial charge in [0.1, 0.15) is 5.75 Å². The van der Waals surface area contributed by atoms with Crippen molar-refractivity contribution in [2.75, 3.05) is 11.9 Å². The predicted octanol–water partition coefficient (Wildman–Crippen LogP) is 2.69. The van der Waals surface area contributed by atoms with Gasteiger partial charge in [-0.25, -0.2) is 0 Å². The van der Waals surface area contributed by atoms with Gasteiger partial charge < -0.3 is 15.8 Å². The molecule has 0 heterocycles. The van der Waals surface area contributed by atoms with Crippen LogP contribution in [0.5, 0.6) is 5.75 Å². The van der Waals surface area contributed by atoms with E-state index < -0.39 is 5.54 Å². The van der Waals surface area contributed by atoms with Gasteiger partial charge in [0.25, 0.3) is 0 Å². The average Bonchev–Trinajstić information content (AvgIpc) is 2.85. The van der Waals surface area contributed by atoms with Crippen molar-refractivity contribution in [2.24, 2.45) is 5.73 Å². The quantitative estimate of drug-likeness (QED) is 0.857. The average molecular weight is 262 g/mol. The molecule has 104 valence electrons. The topological polar surface area (TPSA) is 64.3 Å². The highest BCUT2D eigenvalue weighted by atomic mass is 16.5. The van der Waals surface area contributed by atoms with E-state index in [1.807, 2.05) is 24.3 Å². The Morgan fingerprint density at radius 2 is 2.16 bits per heavy atom. The normalized spacial score (nSPS) is 17.2. The third-order valence-corrected chi connectivity index (χ3v) is 3.51. The Hall–Kier alpha value is -1.55. The van der Waals surface area contributed by atoms with E-state index in [0.29, 0.717) is 6.61 Å². The lowest BCUT2D eigenvalue weighted by Crippen LogP contribution is -2.48. The maximum atomic E-state index is 12.2. The molecule has 19 heavy (non-hydrogen) atoms. The largest absolute Gasteiger partial charge is 0.494 e. The summed E-state index contributed by atoms with van der Waals surface area (Å²) in [4.78, 5) is 12.2. The van der Waals surface area contributed by atoms with Gasteiger partial charge in [0.15, 0.2) is 0 Å². The zero-order chi connectivity index (χ0) is 13.7. The molecule has 1 aliphatic carbocycles. The maximum absolute atomic E-state index is 12.2. The molecule has 1 amide bonds. The van der Waals surface area contributed by atoms with Crippen LogP contribution in [0, 0.1) is 0 Å². The summed E-state index contributed by atoms with van der Waals surface area (Å²) in [5, 5.41) is 2.90. The fourth-order valence-corrected chi connectivity index (χ4v) is 2.37. The zero-order valence-corrected chi connectivity index (χ0v) is 11.4. The molecule has 0 bridgehead atoms. The van der Waals surface area contributed by atoms with Crippen LogP contribution in [-0.2, 0) is 4.79 Å². The molecule has 2 rings (SSSR count). The number of ether oxygens (including phenoxy) is 1. The first-order valence-electron chi connectivity index (χ1n) is 6.97. The highest BCUT2D eigenvalue weighted by Crippen LogP contribution is 2.28. The highest BCUT2D eigenvalue weighted by Gasteiger charge is 2.36. The van der Waals surface area contributed by atoms with E-state index in [1.165, 1.54) is 0 Å². The molecular weight excluding hydrogens is 240 g/mol. The molecule has 1 aliphatic rings. The minimum atomic E-state index is -0.694. The van der Waals surface area contributed by atoms with Crippen LogP contribution in [0.15, 0.2) is 24.3 Å². The molecule has 0 saturated heterocycles. The summed E-state index contributed by atoms with van der Waals surface area (Å²) in [5.74, 6) is 0.690. The summed E-state index contributed by atoms with van der Waals surface area (Å²) in [5.41, 5.74) is 6.18. The number of carbonyl (C=O) groups excluding carboxylic acids is 1. The summed E-state index contributed by atoms with van der Waals surface area (Å²) in [6, 6.07) is 7.46. The van der Waals surface area contributed by atoms with Gasteiger partial charge in [-0.05, 0) is 31.4 Å². The summed E-state index contributed by atoms with van der Waals surface area (Å²) < 4.78 is 5.55. The van der Waals surface area contributed by atoms with Crippen LogP contribution in [0.4, 0.5) is 5.69 Å². The highest BCUT2D eigenvalue weighted by molar-refractivity contribution is 5.98. The lowest BCUT2D eigenvalue weighted by atomic mass is 9.98. The lowest BCUT2D eigenvalue weighted by molar-refractivity contribution is -0.121. The van der Waals surface area contributed by atoms with Gasteiger partial charge in [-0.3, -0.25) is 4.79 Å². The first kappa shape index (κ1) is 13.9. The summed E-state index contributed by atoms with van der Waals surface area (Å²) in [7, 11) is 0. The third kappa shape index (κ3) is 3.47. The fourth-order valence-electron chi connectivity index (χ4n) is 2.37. The Kier molecular flexibility index (Phi) is 4.43. The van der Waals surface area contributed by atoms with Crippen molar-refractivity contribution < 1.29 is 9.53 Å². The molecule has 0 atom stereocenters. The minimum Gasteiger partial charge on any atom is -0.494 e. The van der Waals surface area contributed by atoms with Gasteiger partial charge in [0.2, 0.25) is 5.91 Å². The predicted molar refractivity (Wildman–Crippen MR) is 76.2 cm³/mol. The number of anilines is 1. The number of amides is 1. The van der Waals surface area contributed by atoms with Gasteiger partial charge in [-0.2, -0.15) is 0 Å². The Balaban J connectivity index is 2.00. The molecule has 0 aliphatic heterocycles. The van der Waals surface area contributed by atoms with Crippen LogP contribution in [0.2, 0.25) is 0 Å². The number of hydrogen-bond donors (Lipinski definition) is 2. The number of nitrogens with two attached hydrogens (primary N) is 1. The van der Waals surface area contributed by atoms with Crippen molar-refractivity contribution >= 4 is 11.6 Å². The molecule has 1 fully saturated rings. The zero-order valence-electron chi connectivity index (χ0n) is 11.4.